The first-order valence-electron chi connectivity index (χ1n) is 10.6. The molecule has 1 atom stereocenters. The van der Waals surface area contributed by atoms with Crippen LogP contribution in [0.3, 0.4) is 0 Å². The molecule has 0 bridgehead atoms. The number of carbonyl (C=O) groups excluding carboxylic acids is 2. The molecule has 0 aliphatic carbocycles. The number of pyridine rings is 1. The van der Waals surface area contributed by atoms with E-state index in [9.17, 15) is 9.59 Å². The molecule has 2 amide bonds. The smallest absolute Gasteiger partial charge is 0.273 e. The maximum Gasteiger partial charge on any atom is 0.273 e. The lowest BCUT2D eigenvalue weighted by Gasteiger charge is -2.25. The molecule has 4 rings (SSSR count). The monoisotopic (exact) mass is 417 g/mol. The zero-order valence-corrected chi connectivity index (χ0v) is 17.9. The minimum Gasteiger partial charge on any atom is -0.376 e. The average Bonchev–Trinajstić information content (AvgIpc) is 3.29. The van der Waals surface area contributed by atoms with E-state index >= 15 is 0 Å². The normalized spacial score (nSPS) is 15.7. The first kappa shape index (κ1) is 21.0. The van der Waals surface area contributed by atoms with E-state index < -0.39 is 0 Å². The number of nitrogens with zero attached hydrogens (tertiary/aromatic N) is 2. The topological polar surface area (TPSA) is 71.5 Å². The number of nitrogens with one attached hydrogen (secondary N) is 1. The van der Waals surface area contributed by atoms with Crippen molar-refractivity contribution in [2.45, 2.75) is 32.8 Å². The van der Waals surface area contributed by atoms with Crippen molar-refractivity contribution in [1.82, 2.24) is 9.88 Å². The zero-order chi connectivity index (χ0) is 21.8. The number of fused-ring (bicyclic) bond motifs is 1. The van der Waals surface area contributed by atoms with Crippen LogP contribution in [0.15, 0.2) is 54.6 Å². The number of anilines is 1. The van der Waals surface area contributed by atoms with Crippen LogP contribution < -0.4 is 5.32 Å². The number of amides is 2. The summed E-state index contributed by atoms with van der Waals surface area (Å²) in [5, 5.41) is 3.92. The third-order valence-corrected chi connectivity index (χ3v) is 5.77. The Morgan fingerprint density at radius 1 is 1.10 bits per heavy atom. The molecule has 0 unspecified atom stereocenters. The van der Waals surface area contributed by atoms with Gasteiger partial charge in [-0.2, -0.15) is 0 Å². The molecule has 1 N–H and O–H groups in total. The number of hydrogen-bond donors (Lipinski definition) is 1. The summed E-state index contributed by atoms with van der Waals surface area (Å²) in [5.74, 6) is -0.502. The van der Waals surface area contributed by atoms with Gasteiger partial charge in [-0.15, -0.1) is 0 Å². The minimum absolute atomic E-state index is 0.0550. The molecule has 1 fully saturated rings. The molecular weight excluding hydrogens is 390 g/mol. The number of para-hydroxylation sites is 1. The molecule has 6 nitrogen and oxygen atoms in total. The second kappa shape index (κ2) is 9.27. The van der Waals surface area contributed by atoms with E-state index in [-0.39, 0.29) is 24.5 Å². The van der Waals surface area contributed by atoms with Crippen molar-refractivity contribution in [3.05, 3.63) is 71.4 Å². The first-order valence-corrected chi connectivity index (χ1v) is 10.6. The molecule has 2 aromatic carbocycles. The van der Waals surface area contributed by atoms with E-state index in [4.69, 9.17) is 4.74 Å². The predicted molar refractivity (Wildman–Crippen MR) is 121 cm³/mol. The van der Waals surface area contributed by atoms with E-state index in [1.165, 1.54) is 0 Å². The van der Waals surface area contributed by atoms with E-state index in [2.05, 4.69) is 10.3 Å². The highest BCUT2D eigenvalue weighted by Crippen LogP contribution is 2.19. The van der Waals surface area contributed by atoms with Crippen molar-refractivity contribution in [3.63, 3.8) is 0 Å². The number of benzene rings is 2. The molecule has 0 saturated carbocycles. The Morgan fingerprint density at radius 2 is 1.94 bits per heavy atom. The third-order valence-electron chi connectivity index (χ3n) is 5.77. The van der Waals surface area contributed by atoms with Gasteiger partial charge in [-0.1, -0.05) is 36.4 Å². The highest BCUT2D eigenvalue weighted by atomic mass is 16.5. The third kappa shape index (κ3) is 4.91. The number of hydrogen-bond acceptors (Lipinski definition) is 4. The summed E-state index contributed by atoms with van der Waals surface area (Å²) in [7, 11) is 0. The first-order chi connectivity index (χ1) is 15.0. The van der Waals surface area contributed by atoms with Gasteiger partial charge in [0.25, 0.3) is 5.91 Å². The molecule has 160 valence electrons. The van der Waals surface area contributed by atoms with Gasteiger partial charge in [-0.05, 0) is 56.0 Å². The van der Waals surface area contributed by atoms with Crippen LogP contribution in [0.4, 0.5) is 5.69 Å². The van der Waals surface area contributed by atoms with Crippen molar-refractivity contribution in [2.75, 3.05) is 25.0 Å². The highest BCUT2D eigenvalue weighted by molar-refractivity contribution is 5.99. The Balaban J connectivity index is 1.54. The molecule has 1 saturated heterocycles. The van der Waals surface area contributed by atoms with Crippen molar-refractivity contribution in [2.24, 2.45) is 0 Å². The Morgan fingerprint density at radius 3 is 2.74 bits per heavy atom. The molecule has 2 heterocycles. The molecule has 3 aromatic rings. The lowest BCUT2D eigenvalue weighted by molar-refractivity contribution is -0.117. The minimum atomic E-state index is -0.266. The quantitative estimate of drug-likeness (QED) is 0.655. The standard InChI is InChI=1S/C25H27N3O3/c1-17-7-5-11-21(18(17)2)27-24(29)16-28(15-20-9-6-14-31-20)25(30)23-13-12-19-8-3-4-10-22(19)26-23/h3-5,7-8,10-13,20H,6,9,14-16H2,1-2H3,(H,27,29)/t20-/m1/s1. The summed E-state index contributed by atoms with van der Waals surface area (Å²) in [4.78, 5) is 32.2. The number of aryl methyl sites for hydroxylation is 1. The van der Waals surface area contributed by atoms with Crippen molar-refractivity contribution >= 4 is 28.4 Å². The second-order valence-corrected chi connectivity index (χ2v) is 8.01. The number of ether oxygens (including phenoxy) is 1. The van der Waals surface area contributed by atoms with Gasteiger partial charge in [-0.25, -0.2) is 4.98 Å². The molecule has 1 aliphatic rings. The van der Waals surface area contributed by atoms with Gasteiger partial charge in [0, 0.05) is 24.2 Å². The van der Waals surface area contributed by atoms with Crippen LogP contribution in [-0.4, -0.2) is 47.5 Å². The van der Waals surface area contributed by atoms with E-state index in [1.807, 2.05) is 62.4 Å². The summed E-state index contributed by atoms with van der Waals surface area (Å²) >= 11 is 0. The Hall–Kier alpha value is -3.25. The summed E-state index contributed by atoms with van der Waals surface area (Å²) in [6.45, 7) is 4.98. The van der Waals surface area contributed by atoms with Gasteiger partial charge in [0.15, 0.2) is 0 Å². The SMILES string of the molecule is Cc1cccc(NC(=O)CN(C[C@H]2CCCO2)C(=O)c2ccc3ccccc3n2)c1C. The molecule has 1 aromatic heterocycles. The van der Waals surface area contributed by atoms with Crippen molar-refractivity contribution < 1.29 is 14.3 Å². The van der Waals surface area contributed by atoms with Crippen LogP contribution in [0.25, 0.3) is 10.9 Å². The van der Waals surface area contributed by atoms with Crippen LogP contribution in [0.2, 0.25) is 0 Å². The van der Waals surface area contributed by atoms with Crippen LogP contribution in [0, 0.1) is 13.8 Å². The van der Waals surface area contributed by atoms with Gasteiger partial charge in [0.1, 0.15) is 12.2 Å². The number of carbonyl (C=O) groups is 2. The van der Waals surface area contributed by atoms with Crippen molar-refractivity contribution in [1.29, 1.82) is 0 Å². The van der Waals surface area contributed by atoms with E-state index in [0.717, 1.165) is 40.6 Å². The van der Waals surface area contributed by atoms with Gasteiger partial charge >= 0.3 is 0 Å². The van der Waals surface area contributed by atoms with Gasteiger partial charge in [0.2, 0.25) is 5.91 Å². The fourth-order valence-electron chi connectivity index (χ4n) is 3.85. The van der Waals surface area contributed by atoms with Crippen LogP contribution in [-0.2, 0) is 9.53 Å². The average molecular weight is 418 g/mol. The molecular formula is C25H27N3O3. The lowest BCUT2D eigenvalue weighted by Crippen LogP contribution is -2.42. The fraction of sp³-hybridized carbons (Fsp3) is 0.320. The Kier molecular flexibility index (Phi) is 6.28. The molecule has 0 spiro atoms. The molecule has 31 heavy (non-hydrogen) atoms. The highest BCUT2D eigenvalue weighted by Gasteiger charge is 2.26. The summed E-state index contributed by atoms with van der Waals surface area (Å²) in [6, 6.07) is 17.1. The van der Waals surface area contributed by atoms with E-state index in [1.54, 1.807) is 11.0 Å². The van der Waals surface area contributed by atoms with E-state index in [0.29, 0.717) is 18.8 Å². The largest absolute Gasteiger partial charge is 0.376 e. The van der Waals surface area contributed by atoms with Crippen molar-refractivity contribution in [3.8, 4) is 0 Å². The van der Waals surface area contributed by atoms with Crippen LogP contribution >= 0.6 is 0 Å². The molecule has 0 radical (unpaired) electrons. The second-order valence-electron chi connectivity index (χ2n) is 8.01. The lowest BCUT2D eigenvalue weighted by atomic mass is 10.1. The Bertz CT molecular complexity index is 1110. The number of rotatable bonds is 6. The van der Waals surface area contributed by atoms with Gasteiger partial charge in [0.05, 0.1) is 11.6 Å². The zero-order valence-electron chi connectivity index (χ0n) is 17.9. The van der Waals surface area contributed by atoms with Gasteiger partial charge < -0.3 is 15.0 Å². The van der Waals surface area contributed by atoms with Gasteiger partial charge in [-0.3, -0.25) is 9.59 Å². The predicted octanol–water partition coefficient (Wildman–Crippen LogP) is 4.11. The summed E-state index contributed by atoms with van der Waals surface area (Å²) in [6.07, 6.45) is 1.79. The van der Waals surface area contributed by atoms with Crippen LogP contribution in [0.5, 0.6) is 0 Å². The fourth-order valence-corrected chi connectivity index (χ4v) is 3.85. The maximum atomic E-state index is 13.3. The Labute approximate surface area is 182 Å². The maximum absolute atomic E-state index is 13.3. The summed E-state index contributed by atoms with van der Waals surface area (Å²) < 4.78 is 5.73. The number of aromatic nitrogens is 1. The molecule has 6 heteroatoms. The molecule has 1 aliphatic heterocycles. The summed E-state index contributed by atoms with van der Waals surface area (Å²) in [5.41, 5.74) is 3.97. The van der Waals surface area contributed by atoms with Crippen LogP contribution in [0.1, 0.15) is 34.5 Å².